The van der Waals surface area contributed by atoms with Crippen LogP contribution in [0.25, 0.3) is 0 Å². The number of aliphatic hydroxyl groups excluding tert-OH is 1. The molecule has 3 N–H and O–H groups in total. The fraction of sp³-hybridized carbons (Fsp3) is 0.489. The number of allylic oxidation sites excluding steroid dienone is 20. The molecule has 1 unspecified atom stereocenters. The maximum Gasteiger partial charge on any atom is 0.469 e. The molecule has 2 atom stereocenters. The highest BCUT2D eigenvalue weighted by Gasteiger charge is 2.22. The van der Waals surface area contributed by atoms with Gasteiger partial charge >= 0.3 is 19.8 Å². The number of esters is 2. The third kappa shape index (κ3) is 43.1. The first-order chi connectivity index (χ1) is 27.7. The summed E-state index contributed by atoms with van der Waals surface area (Å²) in [6, 6.07) is 0. The van der Waals surface area contributed by atoms with Crippen molar-refractivity contribution in [2.75, 3.05) is 13.2 Å². The lowest BCUT2D eigenvalue weighted by molar-refractivity contribution is -0.161. The van der Waals surface area contributed by atoms with Crippen molar-refractivity contribution < 1.29 is 43.0 Å². The van der Waals surface area contributed by atoms with Crippen molar-refractivity contribution in [1.29, 1.82) is 0 Å². The molecule has 10 heteroatoms. The standard InChI is InChI=1S/C47H71O9P/c1-3-5-7-9-11-12-13-14-15-16-17-18-19-20-21-26-29-33-37-41-47(50)56-45(43-55-57(51,52)53)42-54-46(49)40-36-32-28-25-23-22-24-27-31-35-39-44(48)38-34-30-10-8-6-4-2/h6,8,11-12,14-15,17-18,20-23,27-35,39,44-45,48H,3-5,7,9-10,13,16,19,24-26,36-38,40-43H2,1-2H3,(H2,51,52,53)/b8-6-,12-11-,15-14-,18-17-,21-20-,23-22-,31-27-,32-28-,33-29-,34-30-,39-35+/t44?,45-/m1/s1. The van der Waals surface area contributed by atoms with Gasteiger partial charge in [-0.3, -0.25) is 14.1 Å². The largest absolute Gasteiger partial charge is 0.469 e. The maximum absolute atomic E-state index is 12.4. The number of aliphatic hydroxyl groups is 1. The fourth-order valence-electron chi connectivity index (χ4n) is 4.70. The summed E-state index contributed by atoms with van der Waals surface area (Å²) in [7, 11) is -4.81. The molecule has 0 bridgehead atoms. The van der Waals surface area contributed by atoms with Crippen LogP contribution in [0.4, 0.5) is 0 Å². The molecule has 0 amide bonds. The molecule has 0 saturated heterocycles. The van der Waals surface area contributed by atoms with Gasteiger partial charge in [0.05, 0.1) is 12.7 Å². The second-order valence-corrected chi connectivity index (χ2v) is 14.3. The van der Waals surface area contributed by atoms with Crippen molar-refractivity contribution >= 4 is 19.8 Å². The number of ether oxygens (including phenoxy) is 2. The van der Waals surface area contributed by atoms with Gasteiger partial charge in [-0.05, 0) is 83.5 Å². The van der Waals surface area contributed by atoms with E-state index in [0.717, 1.165) is 44.9 Å². The minimum absolute atomic E-state index is 0.0536. The van der Waals surface area contributed by atoms with Crippen LogP contribution in [0.2, 0.25) is 0 Å². The first kappa shape index (κ1) is 53.1. The van der Waals surface area contributed by atoms with E-state index in [-0.39, 0.29) is 19.4 Å². The van der Waals surface area contributed by atoms with Crippen molar-refractivity contribution in [1.82, 2.24) is 0 Å². The molecule has 0 rings (SSSR count). The summed E-state index contributed by atoms with van der Waals surface area (Å²) in [5.74, 6) is -1.13. The van der Waals surface area contributed by atoms with E-state index >= 15 is 0 Å². The minimum Gasteiger partial charge on any atom is -0.462 e. The van der Waals surface area contributed by atoms with E-state index in [1.807, 2.05) is 60.8 Å². The van der Waals surface area contributed by atoms with E-state index in [0.29, 0.717) is 25.7 Å². The van der Waals surface area contributed by atoms with Crippen LogP contribution in [0, 0.1) is 0 Å². The summed E-state index contributed by atoms with van der Waals surface area (Å²) in [4.78, 5) is 42.8. The van der Waals surface area contributed by atoms with Gasteiger partial charge in [0.1, 0.15) is 6.61 Å². The third-order valence-corrected chi connectivity index (χ3v) is 8.25. The Morgan fingerprint density at radius 2 is 1.04 bits per heavy atom. The average Bonchev–Trinajstić information content (AvgIpc) is 3.18. The lowest BCUT2D eigenvalue weighted by Crippen LogP contribution is -2.29. The summed E-state index contributed by atoms with van der Waals surface area (Å²) in [5.41, 5.74) is 0. The second kappa shape index (κ2) is 40.4. The van der Waals surface area contributed by atoms with Gasteiger partial charge in [-0.15, -0.1) is 0 Å². The molecule has 0 fully saturated rings. The van der Waals surface area contributed by atoms with Gasteiger partial charge in [0.15, 0.2) is 6.10 Å². The monoisotopic (exact) mass is 810 g/mol. The molecule has 0 aliphatic carbocycles. The molecule has 0 heterocycles. The minimum atomic E-state index is -4.81. The Balaban J connectivity index is 4.28. The highest BCUT2D eigenvalue weighted by atomic mass is 31.2. The van der Waals surface area contributed by atoms with Crippen LogP contribution >= 0.6 is 7.82 Å². The molecule has 0 aromatic heterocycles. The fourth-order valence-corrected chi connectivity index (χ4v) is 5.06. The van der Waals surface area contributed by atoms with E-state index in [2.05, 4.69) is 85.2 Å². The van der Waals surface area contributed by atoms with Crippen molar-refractivity contribution in [3.8, 4) is 0 Å². The van der Waals surface area contributed by atoms with Crippen LogP contribution in [0.3, 0.4) is 0 Å². The van der Waals surface area contributed by atoms with Gasteiger partial charge in [-0.2, -0.15) is 0 Å². The molecule has 0 saturated carbocycles. The quantitative estimate of drug-likeness (QED) is 0.0188. The molecule has 0 spiro atoms. The molecular weight excluding hydrogens is 739 g/mol. The number of rotatable bonds is 35. The zero-order chi connectivity index (χ0) is 41.9. The topological polar surface area (TPSA) is 140 Å². The predicted molar refractivity (Wildman–Crippen MR) is 235 cm³/mol. The van der Waals surface area contributed by atoms with Crippen molar-refractivity contribution in [3.05, 3.63) is 134 Å². The Hall–Kier alpha value is -3.85. The molecule has 57 heavy (non-hydrogen) atoms. The summed E-state index contributed by atoms with van der Waals surface area (Å²) >= 11 is 0. The van der Waals surface area contributed by atoms with E-state index < -0.39 is 38.6 Å². The maximum atomic E-state index is 12.4. The Morgan fingerprint density at radius 3 is 1.56 bits per heavy atom. The smallest absolute Gasteiger partial charge is 0.462 e. The Morgan fingerprint density at radius 1 is 0.561 bits per heavy atom. The zero-order valence-corrected chi connectivity index (χ0v) is 35.4. The van der Waals surface area contributed by atoms with Crippen LogP contribution < -0.4 is 0 Å². The van der Waals surface area contributed by atoms with E-state index in [9.17, 15) is 19.3 Å². The molecule has 0 aliphatic rings. The zero-order valence-electron chi connectivity index (χ0n) is 34.5. The summed E-state index contributed by atoms with van der Waals surface area (Å²) < 4.78 is 26.2. The van der Waals surface area contributed by atoms with Crippen LogP contribution in [0.1, 0.15) is 123 Å². The molecule has 0 aliphatic heterocycles. The molecule has 318 valence electrons. The number of phosphoric ester groups is 1. The SMILES string of the molecule is CC/C=C\C/C=C\CC(O)/C=C/C=C\C/C=C\C/C=C\CCC(=O)OC[C@H](COP(=O)(O)O)OC(=O)CC/C=C\C/C=C\C/C=C\C/C=C\C/C=C\CCCCC. The summed E-state index contributed by atoms with van der Waals surface area (Å²) in [5, 5.41) is 9.97. The first-order valence-corrected chi connectivity index (χ1v) is 22.1. The Kier molecular flexibility index (Phi) is 37.6. The molecule has 9 nitrogen and oxygen atoms in total. The van der Waals surface area contributed by atoms with Gasteiger partial charge in [-0.25, -0.2) is 4.57 Å². The lowest BCUT2D eigenvalue weighted by Gasteiger charge is -2.18. The van der Waals surface area contributed by atoms with E-state index in [1.165, 1.54) is 25.7 Å². The second-order valence-electron chi connectivity index (χ2n) is 13.1. The van der Waals surface area contributed by atoms with E-state index in [1.54, 1.807) is 6.08 Å². The molecule has 0 aromatic rings. The van der Waals surface area contributed by atoms with E-state index in [4.69, 9.17) is 19.3 Å². The highest BCUT2D eigenvalue weighted by molar-refractivity contribution is 7.46. The number of hydrogen-bond acceptors (Lipinski definition) is 7. The van der Waals surface area contributed by atoms with Gasteiger partial charge in [-0.1, -0.05) is 160 Å². The van der Waals surface area contributed by atoms with Gasteiger partial charge in [0.2, 0.25) is 0 Å². The van der Waals surface area contributed by atoms with Crippen molar-refractivity contribution in [2.45, 2.75) is 135 Å². The number of unbranched alkanes of at least 4 members (excludes halogenated alkanes) is 3. The first-order valence-electron chi connectivity index (χ1n) is 20.6. The predicted octanol–water partition coefficient (Wildman–Crippen LogP) is 11.7. The van der Waals surface area contributed by atoms with Crippen LogP contribution in [-0.4, -0.2) is 52.3 Å². The molecule has 0 radical (unpaired) electrons. The number of phosphoric acid groups is 1. The Bertz CT molecular complexity index is 1390. The van der Waals surface area contributed by atoms with Crippen molar-refractivity contribution in [3.63, 3.8) is 0 Å². The highest BCUT2D eigenvalue weighted by Crippen LogP contribution is 2.35. The molecule has 0 aromatic carbocycles. The van der Waals surface area contributed by atoms with Gasteiger partial charge in [0, 0.05) is 12.8 Å². The molecular formula is C47H71O9P. The summed E-state index contributed by atoms with van der Waals surface area (Å²) in [6.07, 6.45) is 56.5. The van der Waals surface area contributed by atoms with Gasteiger partial charge < -0.3 is 24.4 Å². The van der Waals surface area contributed by atoms with Crippen LogP contribution in [0.15, 0.2) is 134 Å². The van der Waals surface area contributed by atoms with Crippen LogP contribution in [0.5, 0.6) is 0 Å². The number of hydrogen-bond donors (Lipinski definition) is 3. The third-order valence-electron chi connectivity index (χ3n) is 7.76. The average molecular weight is 811 g/mol. The number of carbonyl (C=O) groups is 2. The number of carbonyl (C=O) groups excluding carboxylic acids is 2. The normalized spacial score (nSPS) is 14.4. The summed E-state index contributed by atoms with van der Waals surface area (Å²) in [6.45, 7) is 3.32. The Labute approximate surface area is 344 Å². The van der Waals surface area contributed by atoms with Crippen molar-refractivity contribution in [2.24, 2.45) is 0 Å². The lowest BCUT2D eigenvalue weighted by atomic mass is 10.2. The van der Waals surface area contributed by atoms with Crippen LogP contribution in [-0.2, 0) is 28.2 Å². The van der Waals surface area contributed by atoms with Gasteiger partial charge in [0.25, 0.3) is 0 Å².